The standard InChI is InChI=1S/C19H19NO3S2/c1-14-8-10-17(11-9-14)25(22,23)20-13-12-18(15(2)19(20)21)24-16-6-4-3-5-7-16/h3-11H,12-13H2,1-2H3. The Morgan fingerprint density at radius 2 is 1.60 bits per heavy atom. The molecule has 1 aliphatic heterocycles. The Morgan fingerprint density at radius 1 is 0.960 bits per heavy atom. The SMILES string of the molecule is CC1=C(Sc2ccccc2)CCN(S(=O)(=O)c2ccc(C)cc2)C1=O. The van der Waals surface area contributed by atoms with Crippen LogP contribution < -0.4 is 0 Å². The molecule has 0 unspecified atom stereocenters. The van der Waals surface area contributed by atoms with Gasteiger partial charge in [0.2, 0.25) is 0 Å². The third-order valence-corrected chi connectivity index (χ3v) is 7.16. The quantitative estimate of drug-likeness (QED) is 0.813. The first kappa shape index (κ1) is 17.8. The lowest BCUT2D eigenvalue weighted by molar-refractivity contribution is -0.123. The lowest BCUT2D eigenvalue weighted by Gasteiger charge is -2.28. The first-order valence-corrected chi connectivity index (χ1v) is 10.2. The number of carbonyl (C=O) groups excluding carboxylic acids is 1. The van der Waals surface area contributed by atoms with Gasteiger partial charge < -0.3 is 0 Å². The van der Waals surface area contributed by atoms with Gasteiger partial charge in [0.1, 0.15) is 0 Å². The number of aryl methyl sites for hydroxylation is 1. The third kappa shape index (κ3) is 3.65. The average molecular weight is 373 g/mol. The fraction of sp³-hybridized carbons (Fsp3) is 0.211. The molecule has 1 amide bonds. The Kier molecular flexibility index (Phi) is 5.01. The summed E-state index contributed by atoms with van der Waals surface area (Å²) in [5.41, 5.74) is 1.47. The summed E-state index contributed by atoms with van der Waals surface area (Å²) < 4.78 is 26.6. The van der Waals surface area contributed by atoms with Crippen molar-refractivity contribution < 1.29 is 13.2 Å². The smallest absolute Gasteiger partial charge is 0.266 e. The van der Waals surface area contributed by atoms with Crippen LogP contribution in [0.2, 0.25) is 0 Å². The van der Waals surface area contributed by atoms with Crippen molar-refractivity contribution in [1.82, 2.24) is 4.31 Å². The third-order valence-electron chi connectivity index (χ3n) is 4.10. The number of thioether (sulfide) groups is 1. The molecular weight excluding hydrogens is 354 g/mol. The van der Waals surface area contributed by atoms with Crippen molar-refractivity contribution in [3.8, 4) is 0 Å². The van der Waals surface area contributed by atoms with E-state index in [9.17, 15) is 13.2 Å². The van der Waals surface area contributed by atoms with Gasteiger partial charge in [-0.25, -0.2) is 12.7 Å². The van der Waals surface area contributed by atoms with Gasteiger partial charge in [-0.2, -0.15) is 0 Å². The molecule has 1 aliphatic rings. The minimum atomic E-state index is -3.82. The zero-order valence-electron chi connectivity index (χ0n) is 14.1. The summed E-state index contributed by atoms with van der Waals surface area (Å²) in [5, 5.41) is 0. The summed E-state index contributed by atoms with van der Waals surface area (Å²) in [7, 11) is -3.82. The molecule has 0 saturated heterocycles. The van der Waals surface area contributed by atoms with Crippen LogP contribution in [0, 0.1) is 6.92 Å². The molecule has 1 heterocycles. The molecule has 130 valence electrons. The predicted molar refractivity (Wildman–Crippen MR) is 99.7 cm³/mol. The van der Waals surface area contributed by atoms with Crippen LogP contribution in [-0.2, 0) is 14.8 Å². The summed E-state index contributed by atoms with van der Waals surface area (Å²) in [4.78, 5) is 14.8. The summed E-state index contributed by atoms with van der Waals surface area (Å²) >= 11 is 1.52. The van der Waals surface area contributed by atoms with Crippen LogP contribution in [0.4, 0.5) is 0 Å². The van der Waals surface area contributed by atoms with E-state index in [2.05, 4.69) is 0 Å². The maximum absolute atomic E-state index is 12.8. The zero-order chi connectivity index (χ0) is 18.0. The molecule has 0 aliphatic carbocycles. The van der Waals surface area contributed by atoms with Gasteiger partial charge in [0, 0.05) is 17.0 Å². The Hall–Kier alpha value is -2.05. The van der Waals surface area contributed by atoms with Crippen LogP contribution in [-0.4, -0.2) is 25.2 Å². The van der Waals surface area contributed by atoms with Gasteiger partial charge in [-0.05, 0) is 49.4 Å². The van der Waals surface area contributed by atoms with Crippen molar-refractivity contribution in [3.63, 3.8) is 0 Å². The lowest BCUT2D eigenvalue weighted by Crippen LogP contribution is -2.41. The van der Waals surface area contributed by atoms with E-state index in [0.717, 1.165) is 19.7 Å². The number of benzene rings is 2. The van der Waals surface area contributed by atoms with E-state index >= 15 is 0 Å². The number of carbonyl (C=O) groups is 1. The Morgan fingerprint density at radius 3 is 2.24 bits per heavy atom. The first-order chi connectivity index (χ1) is 11.9. The number of sulfonamides is 1. The van der Waals surface area contributed by atoms with E-state index in [1.165, 1.54) is 11.8 Å². The van der Waals surface area contributed by atoms with Crippen LogP contribution in [0.25, 0.3) is 0 Å². The van der Waals surface area contributed by atoms with Crippen molar-refractivity contribution in [2.75, 3.05) is 6.54 Å². The maximum atomic E-state index is 12.8. The Balaban J connectivity index is 1.87. The summed E-state index contributed by atoms with van der Waals surface area (Å²) in [6.07, 6.45) is 0.530. The zero-order valence-corrected chi connectivity index (χ0v) is 15.7. The fourth-order valence-corrected chi connectivity index (χ4v) is 5.06. The fourth-order valence-electron chi connectivity index (χ4n) is 2.62. The summed E-state index contributed by atoms with van der Waals surface area (Å²) in [5.74, 6) is -0.440. The average Bonchev–Trinajstić information content (AvgIpc) is 2.60. The van der Waals surface area contributed by atoms with Crippen LogP contribution in [0.3, 0.4) is 0 Å². The largest absolute Gasteiger partial charge is 0.268 e. The van der Waals surface area contributed by atoms with Crippen LogP contribution in [0.15, 0.2) is 74.9 Å². The number of hydrogen-bond acceptors (Lipinski definition) is 4. The molecule has 0 radical (unpaired) electrons. The molecule has 0 atom stereocenters. The molecular formula is C19H19NO3S2. The molecule has 0 aromatic heterocycles. The molecule has 2 aromatic rings. The summed E-state index contributed by atoms with van der Waals surface area (Å²) in [6, 6.07) is 16.3. The van der Waals surface area contributed by atoms with E-state index in [0.29, 0.717) is 12.0 Å². The molecule has 2 aromatic carbocycles. The van der Waals surface area contributed by atoms with Crippen molar-refractivity contribution in [3.05, 3.63) is 70.6 Å². The lowest BCUT2D eigenvalue weighted by atomic mass is 10.1. The van der Waals surface area contributed by atoms with Gasteiger partial charge in [0.15, 0.2) is 0 Å². The van der Waals surface area contributed by atoms with E-state index < -0.39 is 15.9 Å². The maximum Gasteiger partial charge on any atom is 0.266 e. The van der Waals surface area contributed by atoms with Gasteiger partial charge in [-0.1, -0.05) is 47.7 Å². The topological polar surface area (TPSA) is 54.5 Å². The van der Waals surface area contributed by atoms with Crippen molar-refractivity contribution >= 4 is 27.7 Å². The molecule has 0 fully saturated rings. The van der Waals surface area contributed by atoms with Crippen LogP contribution in [0.1, 0.15) is 18.9 Å². The van der Waals surface area contributed by atoms with Gasteiger partial charge in [-0.3, -0.25) is 4.79 Å². The van der Waals surface area contributed by atoms with E-state index in [-0.39, 0.29) is 11.4 Å². The Bertz CT molecular complexity index is 917. The number of rotatable bonds is 4. The molecule has 3 rings (SSSR count). The molecule has 0 spiro atoms. The van der Waals surface area contributed by atoms with E-state index in [1.807, 2.05) is 37.3 Å². The van der Waals surface area contributed by atoms with Crippen LogP contribution in [0.5, 0.6) is 0 Å². The molecule has 4 nitrogen and oxygen atoms in total. The highest BCUT2D eigenvalue weighted by molar-refractivity contribution is 8.03. The molecule has 6 heteroatoms. The first-order valence-electron chi connectivity index (χ1n) is 7.96. The van der Waals surface area contributed by atoms with Crippen molar-refractivity contribution in [1.29, 1.82) is 0 Å². The molecule has 0 N–H and O–H groups in total. The second kappa shape index (κ2) is 7.06. The van der Waals surface area contributed by atoms with Crippen LogP contribution >= 0.6 is 11.8 Å². The van der Waals surface area contributed by atoms with E-state index in [4.69, 9.17) is 0 Å². The minimum absolute atomic E-state index is 0.151. The van der Waals surface area contributed by atoms with Gasteiger partial charge in [0.25, 0.3) is 15.9 Å². The minimum Gasteiger partial charge on any atom is -0.268 e. The highest BCUT2D eigenvalue weighted by Crippen LogP contribution is 2.35. The highest BCUT2D eigenvalue weighted by Gasteiger charge is 2.34. The van der Waals surface area contributed by atoms with Gasteiger partial charge in [0.05, 0.1) is 4.90 Å². The molecule has 0 bridgehead atoms. The van der Waals surface area contributed by atoms with Gasteiger partial charge in [-0.15, -0.1) is 0 Å². The van der Waals surface area contributed by atoms with Crippen molar-refractivity contribution in [2.45, 2.75) is 30.1 Å². The number of nitrogens with zero attached hydrogens (tertiary/aromatic N) is 1. The van der Waals surface area contributed by atoms with Gasteiger partial charge >= 0.3 is 0 Å². The monoisotopic (exact) mass is 373 g/mol. The highest BCUT2D eigenvalue weighted by atomic mass is 32.2. The van der Waals surface area contributed by atoms with Crippen molar-refractivity contribution in [2.24, 2.45) is 0 Å². The normalized spacial score (nSPS) is 15.6. The molecule has 25 heavy (non-hydrogen) atoms. The second-order valence-electron chi connectivity index (χ2n) is 5.91. The Labute approximate surface area is 152 Å². The summed E-state index contributed by atoms with van der Waals surface area (Å²) in [6.45, 7) is 3.76. The number of amides is 1. The predicted octanol–water partition coefficient (Wildman–Crippen LogP) is 3.98. The number of hydrogen-bond donors (Lipinski definition) is 0. The second-order valence-corrected chi connectivity index (χ2v) is 8.94. The molecule has 0 saturated carbocycles. The van der Waals surface area contributed by atoms with E-state index in [1.54, 1.807) is 31.2 Å².